The first kappa shape index (κ1) is 21.0. The van der Waals surface area contributed by atoms with E-state index < -0.39 is 10.0 Å². The minimum Gasteiger partial charge on any atom is -0.296 e. The first-order valence-corrected chi connectivity index (χ1v) is 11.8. The normalized spacial score (nSPS) is 23.8. The van der Waals surface area contributed by atoms with E-state index in [1.165, 1.54) is 18.6 Å². The van der Waals surface area contributed by atoms with Gasteiger partial charge in [0.15, 0.2) is 0 Å². The Morgan fingerprint density at radius 1 is 1.15 bits per heavy atom. The van der Waals surface area contributed by atoms with Crippen LogP contribution in [-0.4, -0.2) is 48.5 Å². The Morgan fingerprint density at radius 3 is 2.48 bits per heavy atom. The number of rotatable bonds is 5. The molecule has 0 saturated carbocycles. The average molecular weight is 417 g/mol. The van der Waals surface area contributed by atoms with Crippen LogP contribution in [0.4, 0.5) is 4.39 Å². The van der Waals surface area contributed by atoms with Gasteiger partial charge in [-0.3, -0.25) is 4.90 Å². The maximum atomic E-state index is 13.3. The summed E-state index contributed by atoms with van der Waals surface area (Å²) in [5.41, 5.74) is 0.963. The molecule has 3 rings (SSSR count). The van der Waals surface area contributed by atoms with Crippen molar-refractivity contribution in [3.63, 3.8) is 0 Å². The highest BCUT2D eigenvalue weighted by molar-refractivity contribution is 7.89. The molecule has 0 spiro atoms. The van der Waals surface area contributed by atoms with Gasteiger partial charge in [0.1, 0.15) is 5.82 Å². The van der Waals surface area contributed by atoms with E-state index in [0.717, 1.165) is 44.3 Å². The zero-order valence-corrected chi connectivity index (χ0v) is 17.8. The highest BCUT2D eigenvalue weighted by Crippen LogP contribution is 2.33. The number of nitrogens with zero attached hydrogens (tertiary/aromatic N) is 2. The lowest BCUT2D eigenvalue weighted by atomic mass is 9.84. The second-order valence-electron chi connectivity index (χ2n) is 8.10. The number of hydrogen-bond donors (Lipinski definition) is 0. The predicted octanol–water partition coefficient (Wildman–Crippen LogP) is 4.28. The maximum Gasteiger partial charge on any atom is 0.216 e. The summed E-state index contributed by atoms with van der Waals surface area (Å²) >= 11 is 6.24. The standard InChI is InChI=1S/C20H30ClFN2O2S/c1-15(2)27(25,26)24-11-8-16(9-12-24)20-5-3-4-10-23(20)14-17-6-7-18(22)13-19(17)21/h6-7,13,15-16,20H,3-5,8-12,14H2,1-2H3. The molecule has 0 radical (unpaired) electrons. The van der Waals surface area contributed by atoms with Crippen LogP contribution in [0.15, 0.2) is 18.2 Å². The summed E-state index contributed by atoms with van der Waals surface area (Å²) in [6.07, 6.45) is 5.33. The number of halogens is 2. The molecule has 2 heterocycles. The van der Waals surface area contributed by atoms with Crippen LogP contribution < -0.4 is 0 Å². The Bertz CT molecular complexity index is 748. The van der Waals surface area contributed by atoms with E-state index in [9.17, 15) is 12.8 Å². The largest absolute Gasteiger partial charge is 0.296 e. The smallest absolute Gasteiger partial charge is 0.216 e. The average Bonchev–Trinajstić information content (AvgIpc) is 2.64. The quantitative estimate of drug-likeness (QED) is 0.719. The fraction of sp³-hybridized carbons (Fsp3) is 0.700. The summed E-state index contributed by atoms with van der Waals surface area (Å²) in [6.45, 7) is 6.48. The first-order chi connectivity index (χ1) is 12.8. The molecule has 2 saturated heterocycles. The Hall–Kier alpha value is -0.690. The molecule has 152 valence electrons. The van der Waals surface area contributed by atoms with E-state index in [0.29, 0.717) is 30.1 Å². The van der Waals surface area contributed by atoms with Crippen LogP contribution in [-0.2, 0) is 16.6 Å². The lowest BCUT2D eigenvalue weighted by Gasteiger charge is -2.43. The molecule has 1 atom stereocenters. The van der Waals surface area contributed by atoms with Crippen LogP contribution in [0.5, 0.6) is 0 Å². The maximum absolute atomic E-state index is 13.3. The molecule has 1 aromatic carbocycles. The van der Waals surface area contributed by atoms with Gasteiger partial charge in [-0.25, -0.2) is 17.1 Å². The van der Waals surface area contributed by atoms with Gasteiger partial charge >= 0.3 is 0 Å². The lowest BCUT2D eigenvalue weighted by Crippen LogP contribution is -2.49. The Labute approximate surface area is 167 Å². The molecule has 0 amide bonds. The van der Waals surface area contributed by atoms with E-state index in [1.54, 1.807) is 24.2 Å². The fourth-order valence-corrected chi connectivity index (χ4v) is 5.97. The number of sulfonamides is 1. The van der Waals surface area contributed by atoms with E-state index in [4.69, 9.17) is 11.6 Å². The van der Waals surface area contributed by atoms with Crippen molar-refractivity contribution in [2.24, 2.45) is 5.92 Å². The molecular formula is C20H30ClFN2O2S. The van der Waals surface area contributed by atoms with Crippen LogP contribution >= 0.6 is 11.6 Å². The van der Waals surface area contributed by atoms with Crippen molar-refractivity contribution in [3.05, 3.63) is 34.6 Å². The second-order valence-corrected chi connectivity index (χ2v) is 11.0. The van der Waals surface area contributed by atoms with Crippen LogP contribution in [0.3, 0.4) is 0 Å². The molecule has 1 aromatic rings. The van der Waals surface area contributed by atoms with Crippen molar-refractivity contribution in [2.45, 2.75) is 63.8 Å². The summed E-state index contributed by atoms with van der Waals surface area (Å²) in [5.74, 6) is 0.195. The molecule has 27 heavy (non-hydrogen) atoms. The van der Waals surface area contributed by atoms with E-state index in [-0.39, 0.29) is 11.1 Å². The lowest BCUT2D eigenvalue weighted by molar-refractivity contribution is 0.0683. The van der Waals surface area contributed by atoms with Gasteiger partial charge < -0.3 is 0 Å². The van der Waals surface area contributed by atoms with Gasteiger partial charge in [0, 0.05) is 30.7 Å². The van der Waals surface area contributed by atoms with E-state index in [1.807, 2.05) is 0 Å². The molecule has 2 aliphatic rings. The predicted molar refractivity (Wildman–Crippen MR) is 108 cm³/mol. The number of piperidine rings is 2. The van der Waals surface area contributed by atoms with Crippen LogP contribution in [0.2, 0.25) is 5.02 Å². The molecule has 4 nitrogen and oxygen atoms in total. The third kappa shape index (κ3) is 4.84. The Balaban J connectivity index is 1.66. The molecule has 0 bridgehead atoms. The minimum absolute atomic E-state index is 0.308. The third-order valence-electron chi connectivity index (χ3n) is 6.05. The highest BCUT2D eigenvalue weighted by atomic mass is 35.5. The van der Waals surface area contributed by atoms with Gasteiger partial charge in [-0.15, -0.1) is 0 Å². The second kappa shape index (κ2) is 8.76. The van der Waals surface area contributed by atoms with Crippen molar-refractivity contribution in [1.82, 2.24) is 9.21 Å². The molecule has 2 aliphatic heterocycles. The zero-order valence-electron chi connectivity index (χ0n) is 16.2. The summed E-state index contributed by atoms with van der Waals surface area (Å²) in [5, 5.41) is 0.123. The van der Waals surface area contributed by atoms with Gasteiger partial charge in [-0.05, 0) is 69.7 Å². The molecule has 2 fully saturated rings. The van der Waals surface area contributed by atoms with Crippen LogP contribution in [0.25, 0.3) is 0 Å². The van der Waals surface area contributed by atoms with Crippen molar-refractivity contribution < 1.29 is 12.8 Å². The van der Waals surface area contributed by atoms with Crippen molar-refractivity contribution >= 4 is 21.6 Å². The van der Waals surface area contributed by atoms with Crippen LogP contribution in [0.1, 0.15) is 51.5 Å². The highest BCUT2D eigenvalue weighted by Gasteiger charge is 2.36. The number of hydrogen-bond acceptors (Lipinski definition) is 3. The van der Waals surface area contributed by atoms with Gasteiger partial charge in [0.05, 0.1) is 5.25 Å². The van der Waals surface area contributed by atoms with Crippen molar-refractivity contribution in [1.29, 1.82) is 0 Å². The van der Waals surface area contributed by atoms with Crippen molar-refractivity contribution in [3.8, 4) is 0 Å². The summed E-state index contributed by atoms with van der Waals surface area (Å²) in [4.78, 5) is 2.47. The molecule has 0 N–H and O–H groups in total. The van der Waals surface area contributed by atoms with Gasteiger partial charge in [0.25, 0.3) is 0 Å². The molecule has 0 aromatic heterocycles. The first-order valence-electron chi connectivity index (χ1n) is 9.96. The number of benzene rings is 1. The van der Waals surface area contributed by atoms with Gasteiger partial charge in [0.2, 0.25) is 10.0 Å². The third-order valence-corrected chi connectivity index (χ3v) is 8.68. The van der Waals surface area contributed by atoms with E-state index in [2.05, 4.69) is 4.90 Å². The van der Waals surface area contributed by atoms with Crippen LogP contribution in [0, 0.1) is 11.7 Å². The fourth-order valence-electron chi connectivity index (χ4n) is 4.43. The molecule has 0 aliphatic carbocycles. The molecular weight excluding hydrogens is 387 g/mol. The SMILES string of the molecule is CC(C)S(=O)(=O)N1CCC(C2CCCCN2Cc2ccc(F)cc2Cl)CC1. The van der Waals surface area contributed by atoms with Crippen molar-refractivity contribution in [2.75, 3.05) is 19.6 Å². The molecule has 7 heteroatoms. The van der Waals surface area contributed by atoms with Gasteiger partial charge in [-0.1, -0.05) is 24.1 Å². The Kier molecular flexibility index (Phi) is 6.83. The summed E-state index contributed by atoms with van der Waals surface area (Å²) < 4.78 is 39.8. The number of likely N-dealkylation sites (tertiary alicyclic amines) is 1. The summed E-state index contributed by atoms with van der Waals surface area (Å²) in [6, 6.07) is 5.07. The zero-order chi connectivity index (χ0) is 19.6. The topological polar surface area (TPSA) is 40.6 Å². The Morgan fingerprint density at radius 2 is 1.85 bits per heavy atom. The van der Waals surface area contributed by atoms with Gasteiger partial charge in [-0.2, -0.15) is 0 Å². The monoisotopic (exact) mass is 416 g/mol. The minimum atomic E-state index is -3.16. The van der Waals surface area contributed by atoms with E-state index >= 15 is 0 Å². The molecule has 1 unspecified atom stereocenters. The summed E-state index contributed by atoms with van der Waals surface area (Å²) in [7, 11) is -3.16.